The smallest absolute Gasteiger partial charge is 0.270 e. The van der Waals surface area contributed by atoms with Crippen molar-refractivity contribution in [3.63, 3.8) is 0 Å². The van der Waals surface area contributed by atoms with Gasteiger partial charge in [0.05, 0.1) is 22.7 Å². The number of rotatable bonds is 8. The molecule has 0 aliphatic heterocycles. The highest BCUT2D eigenvalue weighted by Gasteiger charge is 2.33. The number of non-ortho nitro benzene ring substituents is 1. The minimum atomic E-state index is -4.43. The number of carbonyl (C=O) groups excluding carboxylic acids is 1. The first-order valence-electron chi connectivity index (χ1n) is 8.63. The third kappa shape index (κ3) is 4.60. The molecule has 1 amide bonds. The van der Waals surface area contributed by atoms with Crippen LogP contribution >= 0.6 is 11.6 Å². The van der Waals surface area contributed by atoms with Crippen molar-refractivity contribution in [3.8, 4) is 5.75 Å². The maximum atomic E-state index is 13.4. The fraction of sp³-hybridized carbons (Fsp3) is 0.278. The van der Waals surface area contributed by atoms with Crippen molar-refractivity contribution in [2.24, 2.45) is 0 Å². The Morgan fingerprint density at radius 1 is 1.31 bits per heavy atom. The summed E-state index contributed by atoms with van der Waals surface area (Å²) in [5.41, 5.74) is -0.320. The van der Waals surface area contributed by atoms with Crippen LogP contribution in [0.15, 0.2) is 47.4 Å². The zero-order valence-corrected chi connectivity index (χ0v) is 16.9. The molecule has 0 bridgehead atoms. The molecule has 0 aromatic heterocycles. The lowest BCUT2D eigenvalue weighted by molar-refractivity contribution is -0.385. The summed E-state index contributed by atoms with van der Waals surface area (Å²) >= 11 is 6.06. The van der Waals surface area contributed by atoms with Gasteiger partial charge in [-0.15, -0.1) is 0 Å². The second kappa shape index (κ2) is 8.26. The molecule has 154 valence electrons. The summed E-state index contributed by atoms with van der Waals surface area (Å²) in [6.07, 6.45) is 1.67. The number of nitro benzene ring substituents is 1. The SMILES string of the molecule is COc1ccccc1N(CC(=O)NC1CC1)S(=O)(=O)c1cc([N+](=O)[O-])ccc1Cl. The summed E-state index contributed by atoms with van der Waals surface area (Å²) in [7, 11) is -3.06. The molecular formula is C18H18ClN3O6S. The van der Waals surface area contributed by atoms with Gasteiger partial charge in [0.2, 0.25) is 5.91 Å². The fourth-order valence-corrected chi connectivity index (χ4v) is 4.62. The molecular weight excluding hydrogens is 422 g/mol. The molecule has 2 aromatic rings. The summed E-state index contributed by atoms with van der Waals surface area (Å²) in [5, 5.41) is 13.6. The van der Waals surface area contributed by atoms with Gasteiger partial charge < -0.3 is 10.1 Å². The largest absolute Gasteiger partial charge is 0.495 e. The van der Waals surface area contributed by atoms with Crippen LogP contribution in [0.5, 0.6) is 5.75 Å². The van der Waals surface area contributed by atoms with Crippen LogP contribution in [0.3, 0.4) is 0 Å². The maximum Gasteiger partial charge on any atom is 0.270 e. The standard InChI is InChI=1S/C18H18ClN3O6S/c1-28-16-5-3-2-4-15(16)21(11-18(23)20-12-6-7-12)29(26,27)17-10-13(22(24)25)8-9-14(17)19/h2-5,8-10,12H,6-7,11H2,1H3,(H,20,23). The summed E-state index contributed by atoms with van der Waals surface area (Å²) in [6, 6.07) is 9.42. The number of hydrogen-bond donors (Lipinski definition) is 1. The topological polar surface area (TPSA) is 119 Å². The molecule has 29 heavy (non-hydrogen) atoms. The van der Waals surface area contributed by atoms with Gasteiger partial charge in [-0.25, -0.2) is 8.42 Å². The molecule has 0 unspecified atom stereocenters. The first kappa shape index (κ1) is 20.9. The van der Waals surface area contributed by atoms with Crippen LogP contribution < -0.4 is 14.4 Å². The number of nitrogens with zero attached hydrogens (tertiary/aromatic N) is 2. The highest BCUT2D eigenvalue weighted by Crippen LogP contribution is 2.35. The van der Waals surface area contributed by atoms with Crippen molar-refractivity contribution in [2.45, 2.75) is 23.8 Å². The molecule has 1 aliphatic carbocycles. The second-order valence-corrected chi connectivity index (χ2v) is 8.64. The van der Waals surface area contributed by atoms with Crippen molar-refractivity contribution >= 4 is 38.9 Å². The predicted octanol–water partition coefficient (Wildman–Crippen LogP) is 2.73. The minimum Gasteiger partial charge on any atom is -0.495 e. The van der Waals surface area contributed by atoms with E-state index in [1.807, 2.05) is 0 Å². The summed E-state index contributed by atoms with van der Waals surface area (Å²) in [5.74, 6) is -0.277. The Bertz CT molecular complexity index is 1060. The van der Waals surface area contributed by atoms with Gasteiger partial charge in [0.15, 0.2) is 0 Å². The van der Waals surface area contributed by atoms with E-state index in [9.17, 15) is 23.3 Å². The van der Waals surface area contributed by atoms with E-state index < -0.39 is 38.0 Å². The Hall–Kier alpha value is -2.85. The zero-order valence-electron chi connectivity index (χ0n) is 15.4. The van der Waals surface area contributed by atoms with E-state index in [0.717, 1.165) is 35.3 Å². The molecule has 0 radical (unpaired) electrons. The van der Waals surface area contributed by atoms with E-state index in [4.69, 9.17) is 16.3 Å². The first-order chi connectivity index (χ1) is 13.7. The van der Waals surface area contributed by atoms with Crippen LogP contribution in [0.2, 0.25) is 5.02 Å². The number of methoxy groups -OCH3 is 1. The van der Waals surface area contributed by atoms with E-state index in [1.165, 1.54) is 13.2 Å². The minimum absolute atomic E-state index is 0.0334. The Labute approximate surface area is 172 Å². The molecule has 3 rings (SSSR count). The lowest BCUT2D eigenvalue weighted by Gasteiger charge is -2.26. The number of anilines is 1. The van der Waals surface area contributed by atoms with Crippen LogP contribution in [0.1, 0.15) is 12.8 Å². The molecule has 9 nitrogen and oxygen atoms in total. The number of nitro groups is 1. The molecule has 0 saturated heterocycles. The fourth-order valence-electron chi connectivity index (χ4n) is 2.69. The highest BCUT2D eigenvalue weighted by molar-refractivity contribution is 7.93. The first-order valence-corrected chi connectivity index (χ1v) is 10.4. The van der Waals surface area contributed by atoms with Gasteiger partial charge in [-0.3, -0.25) is 19.2 Å². The van der Waals surface area contributed by atoms with Crippen molar-refractivity contribution in [1.82, 2.24) is 5.32 Å². The quantitative estimate of drug-likeness (QED) is 0.499. The van der Waals surface area contributed by atoms with Crippen molar-refractivity contribution < 1.29 is 22.9 Å². The van der Waals surface area contributed by atoms with Crippen LogP contribution in [-0.4, -0.2) is 38.9 Å². The number of benzene rings is 2. The molecule has 2 aromatic carbocycles. The third-order valence-electron chi connectivity index (χ3n) is 4.28. The number of para-hydroxylation sites is 2. The second-order valence-electron chi connectivity index (χ2n) is 6.40. The van der Waals surface area contributed by atoms with Gasteiger partial charge in [0.1, 0.15) is 17.2 Å². The normalized spacial score (nSPS) is 13.6. The van der Waals surface area contributed by atoms with Crippen LogP contribution in [0, 0.1) is 10.1 Å². The molecule has 0 spiro atoms. The van der Waals surface area contributed by atoms with Crippen LogP contribution in [0.25, 0.3) is 0 Å². The molecule has 1 N–H and O–H groups in total. The highest BCUT2D eigenvalue weighted by atomic mass is 35.5. The van der Waals surface area contributed by atoms with Crippen molar-refractivity contribution in [1.29, 1.82) is 0 Å². The average Bonchev–Trinajstić information content (AvgIpc) is 3.49. The maximum absolute atomic E-state index is 13.4. The number of amides is 1. The lowest BCUT2D eigenvalue weighted by atomic mass is 10.3. The molecule has 0 heterocycles. The zero-order chi connectivity index (χ0) is 21.2. The monoisotopic (exact) mass is 439 g/mol. The van der Waals surface area contributed by atoms with E-state index in [-0.39, 0.29) is 22.5 Å². The lowest BCUT2D eigenvalue weighted by Crippen LogP contribution is -2.41. The van der Waals surface area contributed by atoms with Crippen molar-refractivity contribution in [3.05, 3.63) is 57.6 Å². The predicted molar refractivity (Wildman–Crippen MR) is 107 cm³/mol. The molecule has 0 atom stereocenters. The summed E-state index contributed by atoms with van der Waals surface area (Å²) in [6.45, 7) is -0.530. The van der Waals surface area contributed by atoms with Gasteiger partial charge in [0.25, 0.3) is 15.7 Å². The van der Waals surface area contributed by atoms with E-state index in [1.54, 1.807) is 18.2 Å². The number of ether oxygens (including phenoxy) is 1. The average molecular weight is 440 g/mol. The van der Waals surface area contributed by atoms with Gasteiger partial charge in [-0.2, -0.15) is 0 Å². The van der Waals surface area contributed by atoms with Crippen LogP contribution in [-0.2, 0) is 14.8 Å². The van der Waals surface area contributed by atoms with Gasteiger partial charge in [0, 0.05) is 18.2 Å². The number of carbonyl (C=O) groups is 1. The van der Waals surface area contributed by atoms with Gasteiger partial charge in [-0.05, 0) is 31.0 Å². The molecule has 1 saturated carbocycles. The van der Waals surface area contributed by atoms with E-state index in [2.05, 4.69) is 5.32 Å². The van der Waals surface area contributed by atoms with Gasteiger partial charge in [-0.1, -0.05) is 23.7 Å². The summed E-state index contributed by atoms with van der Waals surface area (Å²) in [4.78, 5) is 22.3. The Balaban J connectivity index is 2.10. The van der Waals surface area contributed by atoms with E-state index in [0.29, 0.717) is 0 Å². The van der Waals surface area contributed by atoms with Gasteiger partial charge >= 0.3 is 0 Å². The number of halogens is 1. The molecule has 1 fully saturated rings. The Morgan fingerprint density at radius 3 is 2.62 bits per heavy atom. The number of sulfonamides is 1. The number of nitrogens with one attached hydrogen (secondary N) is 1. The third-order valence-corrected chi connectivity index (χ3v) is 6.52. The number of hydrogen-bond acceptors (Lipinski definition) is 6. The molecule has 1 aliphatic rings. The Morgan fingerprint density at radius 2 is 2.00 bits per heavy atom. The van der Waals surface area contributed by atoms with Crippen molar-refractivity contribution in [2.75, 3.05) is 18.0 Å². The van der Waals surface area contributed by atoms with Crippen LogP contribution in [0.4, 0.5) is 11.4 Å². The molecule has 11 heteroatoms. The van der Waals surface area contributed by atoms with E-state index >= 15 is 0 Å². The Kier molecular flexibility index (Phi) is 5.94. The summed E-state index contributed by atoms with van der Waals surface area (Å²) < 4.78 is 32.9.